The molecule has 1 aromatic rings. The van der Waals surface area contributed by atoms with Crippen LogP contribution in [0.1, 0.15) is 32.6 Å². The summed E-state index contributed by atoms with van der Waals surface area (Å²) in [6, 6.07) is 2.58. The Labute approximate surface area is 122 Å². The number of hydrogen-bond acceptors (Lipinski definition) is 7. The predicted octanol–water partition coefficient (Wildman–Crippen LogP) is 1.63. The highest BCUT2D eigenvalue weighted by atomic mass is 16.6. The lowest BCUT2D eigenvalue weighted by Crippen LogP contribution is -2.40. The van der Waals surface area contributed by atoms with Gasteiger partial charge in [-0.05, 0) is 31.6 Å². The molecular formula is C13H21N5O3. The Morgan fingerprint density at radius 3 is 2.67 bits per heavy atom. The summed E-state index contributed by atoms with van der Waals surface area (Å²) in [6.45, 7) is 2.49. The average Bonchev–Trinajstić information content (AvgIpc) is 2.48. The molecule has 116 valence electrons. The van der Waals surface area contributed by atoms with Crippen LogP contribution in [0.25, 0.3) is 0 Å². The van der Waals surface area contributed by atoms with E-state index in [0.29, 0.717) is 18.3 Å². The number of nitro groups is 1. The molecule has 1 aromatic heterocycles. The summed E-state index contributed by atoms with van der Waals surface area (Å²) in [4.78, 5) is 14.5. The lowest BCUT2D eigenvalue weighted by atomic mass is 9.79. The third kappa shape index (κ3) is 4.02. The second-order valence-electron chi connectivity index (χ2n) is 5.76. The molecule has 0 bridgehead atoms. The summed E-state index contributed by atoms with van der Waals surface area (Å²) >= 11 is 0. The number of nitrogens with zero attached hydrogens (tertiary/aromatic N) is 2. The van der Waals surface area contributed by atoms with Crippen LogP contribution in [-0.4, -0.2) is 27.2 Å². The topological polar surface area (TPSA) is 126 Å². The first-order valence-corrected chi connectivity index (χ1v) is 7.01. The maximum Gasteiger partial charge on any atom is 0.276 e. The Bertz CT molecular complexity index is 515. The van der Waals surface area contributed by atoms with Crippen LogP contribution in [0.4, 0.5) is 17.3 Å². The van der Waals surface area contributed by atoms with Crippen molar-refractivity contribution in [1.29, 1.82) is 0 Å². The van der Waals surface area contributed by atoms with E-state index in [1.807, 2.05) is 0 Å². The average molecular weight is 295 g/mol. The molecule has 0 atom stereocenters. The van der Waals surface area contributed by atoms with Crippen molar-refractivity contribution < 1.29 is 10.0 Å². The number of hydrogen-bond donors (Lipinski definition) is 4. The zero-order valence-corrected chi connectivity index (χ0v) is 12.0. The van der Waals surface area contributed by atoms with E-state index in [4.69, 9.17) is 5.84 Å². The zero-order valence-electron chi connectivity index (χ0n) is 12.0. The van der Waals surface area contributed by atoms with Crippen molar-refractivity contribution in [2.24, 2.45) is 11.8 Å². The van der Waals surface area contributed by atoms with Gasteiger partial charge >= 0.3 is 0 Å². The van der Waals surface area contributed by atoms with E-state index in [1.165, 1.54) is 12.1 Å². The number of nitrogens with one attached hydrogen (secondary N) is 2. The molecular weight excluding hydrogens is 274 g/mol. The van der Waals surface area contributed by atoms with Crippen LogP contribution in [0, 0.1) is 16.0 Å². The molecule has 0 radical (unpaired) electrons. The molecule has 8 heteroatoms. The Balaban J connectivity index is 2.05. The van der Waals surface area contributed by atoms with Gasteiger partial charge in [0.05, 0.1) is 22.7 Å². The van der Waals surface area contributed by atoms with Gasteiger partial charge < -0.3 is 15.8 Å². The minimum Gasteiger partial charge on any atom is -0.388 e. The minimum absolute atomic E-state index is 0.107. The van der Waals surface area contributed by atoms with E-state index in [-0.39, 0.29) is 11.5 Å². The van der Waals surface area contributed by atoms with E-state index in [0.717, 1.165) is 25.7 Å². The predicted molar refractivity (Wildman–Crippen MR) is 79.8 cm³/mol. The van der Waals surface area contributed by atoms with Gasteiger partial charge in [-0.15, -0.1) is 0 Å². The highest BCUT2D eigenvalue weighted by Gasteiger charge is 2.31. The van der Waals surface area contributed by atoms with Gasteiger partial charge in [0.25, 0.3) is 5.69 Å². The van der Waals surface area contributed by atoms with E-state index in [2.05, 4.69) is 22.7 Å². The zero-order chi connectivity index (χ0) is 15.5. The number of aromatic nitrogens is 1. The Hall–Kier alpha value is -1.93. The van der Waals surface area contributed by atoms with Crippen molar-refractivity contribution >= 4 is 17.3 Å². The normalized spacial score (nSPS) is 25.4. The first kappa shape index (κ1) is 15.5. The summed E-state index contributed by atoms with van der Waals surface area (Å²) < 4.78 is 0. The van der Waals surface area contributed by atoms with Gasteiger partial charge in [0.2, 0.25) is 0 Å². The maximum absolute atomic E-state index is 10.9. The molecule has 5 N–H and O–H groups in total. The van der Waals surface area contributed by atoms with Gasteiger partial charge in [0.15, 0.2) is 0 Å². The number of nitrogens with two attached hydrogens (primary N) is 1. The fraction of sp³-hybridized carbons (Fsp3) is 0.615. The molecule has 0 unspecified atom stereocenters. The fourth-order valence-electron chi connectivity index (χ4n) is 2.52. The monoisotopic (exact) mass is 295 g/mol. The van der Waals surface area contributed by atoms with Gasteiger partial charge in [-0.25, -0.2) is 10.8 Å². The molecule has 21 heavy (non-hydrogen) atoms. The SMILES string of the molecule is CC1CCC(O)(CNc2cc([N+](=O)[O-])cc(NN)n2)CC1. The molecule has 2 rings (SSSR count). The number of pyridine rings is 1. The fourth-order valence-corrected chi connectivity index (χ4v) is 2.52. The standard InChI is InChI=1S/C13H21N5O3/c1-9-2-4-13(19,5-3-9)8-15-11-6-10(18(20)21)7-12(16-11)17-14/h6-7,9,19H,2-5,8,14H2,1H3,(H2,15,16,17). The summed E-state index contributed by atoms with van der Waals surface area (Å²) in [5.41, 5.74) is 1.41. The molecule has 0 saturated heterocycles. The lowest BCUT2D eigenvalue weighted by molar-refractivity contribution is -0.384. The molecule has 8 nitrogen and oxygen atoms in total. The largest absolute Gasteiger partial charge is 0.388 e. The van der Waals surface area contributed by atoms with Crippen LogP contribution in [0.2, 0.25) is 0 Å². The molecule has 1 fully saturated rings. The summed E-state index contributed by atoms with van der Waals surface area (Å²) in [6.07, 6.45) is 3.41. The summed E-state index contributed by atoms with van der Waals surface area (Å²) in [7, 11) is 0. The van der Waals surface area contributed by atoms with E-state index < -0.39 is 10.5 Å². The molecule has 0 amide bonds. The van der Waals surface area contributed by atoms with Crippen LogP contribution in [0.5, 0.6) is 0 Å². The first-order valence-electron chi connectivity index (χ1n) is 7.01. The second kappa shape index (κ2) is 6.23. The maximum atomic E-state index is 10.9. The third-order valence-electron chi connectivity index (χ3n) is 3.97. The van der Waals surface area contributed by atoms with Crippen molar-refractivity contribution in [3.8, 4) is 0 Å². The quantitative estimate of drug-likeness (QED) is 0.369. The lowest BCUT2D eigenvalue weighted by Gasteiger charge is -2.35. The van der Waals surface area contributed by atoms with Gasteiger partial charge in [-0.2, -0.15) is 0 Å². The smallest absolute Gasteiger partial charge is 0.276 e. The molecule has 1 aliphatic rings. The Morgan fingerprint density at radius 2 is 2.10 bits per heavy atom. The van der Waals surface area contributed by atoms with Crippen molar-refractivity contribution in [1.82, 2.24) is 4.98 Å². The highest BCUT2D eigenvalue weighted by Crippen LogP contribution is 2.32. The number of aliphatic hydroxyl groups is 1. The molecule has 0 aliphatic heterocycles. The van der Waals surface area contributed by atoms with Crippen LogP contribution < -0.4 is 16.6 Å². The first-order chi connectivity index (χ1) is 9.92. The number of anilines is 2. The third-order valence-corrected chi connectivity index (χ3v) is 3.97. The summed E-state index contributed by atoms with van der Waals surface area (Å²) in [5, 5.41) is 24.3. The second-order valence-corrected chi connectivity index (χ2v) is 5.76. The van der Waals surface area contributed by atoms with Gasteiger partial charge in [0, 0.05) is 6.54 Å². The molecule has 0 aromatic carbocycles. The number of nitrogen functional groups attached to an aromatic ring is 1. The Kier molecular flexibility index (Phi) is 4.59. The Morgan fingerprint density at radius 1 is 1.48 bits per heavy atom. The van der Waals surface area contributed by atoms with Gasteiger partial charge in [-0.3, -0.25) is 10.1 Å². The number of hydrazine groups is 1. The highest BCUT2D eigenvalue weighted by molar-refractivity contribution is 5.54. The van der Waals surface area contributed by atoms with Crippen molar-refractivity contribution in [2.75, 3.05) is 17.3 Å². The molecule has 1 saturated carbocycles. The molecule has 1 heterocycles. The van der Waals surface area contributed by atoms with Gasteiger partial charge in [0.1, 0.15) is 11.6 Å². The van der Waals surface area contributed by atoms with Crippen LogP contribution in [0.3, 0.4) is 0 Å². The van der Waals surface area contributed by atoms with Crippen molar-refractivity contribution in [3.63, 3.8) is 0 Å². The van der Waals surface area contributed by atoms with Crippen molar-refractivity contribution in [2.45, 2.75) is 38.2 Å². The summed E-state index contributed by atoms with van der Waals surface area (Å²) in [5.74, 6) is 6.42. The molecule has 0 spiro atoms. The number of rotatable bonds is 5. The van der Waals surface area contributed by atoms with E-state index in [9.17, 15) is 15.2 Å². The van der Waals surface area contributed by atoms with Gasteiger partial charge in [-0.1, -0.05) is 6.92 Å². The van der Waals surface area contributed by atoms with Crippen LogP contribution in [0.15, 0.2) is 12.1 Å². The van der Waals surface area contributed by atoms with E-state index >= 15 is 0 Å². The minimum atomic E-state index is -0.783. The van der Waals surface area contributed by atoms with Crippen molar-refractivity contribution in [3.05, 3.63) is 22.2 Å². The molecule has 1 aliphatic carbocycles. The van der Waals surface area contributed by atoms with Crippen LogP contribution >= 0.6 is 0 Å². The van der Waals surface area contributed by atoms with E-state index in [1.54, 1.807) is 0 Å². The van der Waals surface area contributed by atoms with Crippen LogP contribution in [-0.2, 0) is 0 Å².